The molecular formula is C11H22N4O2. The van der Waals surface area contributed by atoms with Crippen LogP contribution in [-0.4, -0.2) is 47.6 Å². The van der Waals surface area contributed by atoms with Crippen molar-refractivity contribution in [2.45, 2.75) is 33.1 Å². The Hall–Kier alpha value is -0.980. The van der Waals surface area contributed by atoms with Crippen LogP contribution in [0.15, 0.2) is 12.4 Å². The van der Waals surface area contributed by atoms with Gasteiger partial charge in [0, 0.05) is 38.9 Å². The summed E-state index contributed by atoms with van der Waals surface area (Å²) in [7, 11) is 0. The topological polar surface area (TPSA) is 61.2 Å². The quantitative estimate of drug-likeness (QED) is 0.482. The van der Waals surface area contributed by atoms with E-state index in [0.717, 1.165) is 26.1 Å². The van der Waals surface area contributed by atoms with Crippen molar-refractivity contribution in [1.29, 1.82) is 0 Å². The average Bonchev–Trinajstić information content (AvgIpc) is 2.82. The van der Waals surface area contributed by atoms with Crippen LogP contribution in [0, 0.1) is 0 Å². The minimum atomic E-state index is -0.0936. The van der Waals surface area contributed by atoms with E-state index >= 15 is 0 Å². The van der Waals surface area contributed by atoms with E-state index < -0.39 is 0 Å². The third kappa shape index (κ3) is 6.35. The van der Waals surface area contributed by atoms with E-state index in [0.29, 0.717) is 13.2 Å². The third-order valence-electron chi connectivity index (χ3n) is 2.25. The molecule has 1 aromatic rings. The first-order chi connectivity index (χ1) is 8.36. The zero-order chi connectivity index (χ0) is 12.3. The van der Waals surface area contributed by atoms with Gasteiger partial charge >= 0.3 is 0 Å². The van der Waals surface area contributed by atoms with Gasteiger partial charge in [0.1, 0.15) is 0 Å². The second-order valence-corrected chi connectivity index (χ2v) is 3.55. The molecule has 0 bridgehead atoms. The SMILES string of the molecule is CCOC(CCNCCn1ccnn1)OCC. The van der Waals surface area contributed by atoms with Gasteiger partial charge in [0.2, 0.25) is 0 Å². The molecule has 0 unspecified atom stereocenters. The summed E-state index contributed by atoms with van der Waals surface area (Å²) in [5.41, 5.74) is 0. The van der Waals surface area contributed by atoms with Crippen molar-refractivity contribution in [2.24, 2.45) is 0 Å². The monoisotopic (exact) mass is 242 g/mol. The summed E-state index contributed by atoms with van der Waals surface area (Å²) >= 11 is 0. The molecular weight excluding hydrogens is 220 g/mol. The lowest BCUT2D eigenvalue weighted by molar-refractivity contribution is -0.138. The van der Waals surface area contributed by atoms with Gasteiger partial charge in [0.15, 0.2) is 6.29 Å². The molecule has 0 saturated heterocycles. The molecule has 1 aromatic heterocycles. The number of aromatic nitrogens is 3. The molecule has 0 aliphatic heterocycles. The molecule has 0 atom stereocenters. The number of nitrogens with zero attached hydrogens (tertiary/aromatic N) is 3. The van der Waals surface area contributed by atoms with Gasteiger partial charge in [0.25, 0.3) is 0 Å². The van der Waals surface area contributed by atoms with Gasteiger partial charge in [-0.25, -0.2) is 0 Å². The first-order valence-corrected chi connectivity index (χ1v) is 6.14. The molecule has 0 saturated carbocycles. The maximum atomic E-state index is 5.45. The van der Waals surface area contributed by atoms with E-state index in [1.807, 2.05) is 20.0 Å². The minimum Gasteiger partial charge on any atom is -0.353 e. The van der Waals surface area contributed by atoms with Gasteiger partial charge in [-0.2, -0.15) is 0 Å². The van der Waals surface area contributed by atoms with Crippen molar-refractivity contribution in [3.8, 4) is 0 Å². The molecule has 0 spiro atoms. The Kier molecular flexibility index (Phi) is 7.53. The zero-order valence-electron chi connectivity index (χ0n) is 10.6. The van der Waals surface area contributed by atoms with Gasteiger partial charge in [-0.3, -0.25) is 4.68 Å². The standard InChI is InChI=1S/C11H22N4O2/c1-3-16-11(17-4-2)5-6-12-7-9-15-10-8-13-14-15/h8,10-12H,3-7,9H2,1-2H3. The molecule has 0 aromatic carbocycles. The van der Waals surface area contributed by atoms with Gasteiger partial charge < -0.3 is 14.8 Å². The fourth-order valence-electron chi connectivity index (χ4n) is 1.48. The Labute approximate surface area is 102 Å². The normalized spacial score (nSPS) is 11.2. The molecule has 98 valence electrons. The van der Waals surface area contributed by atoms with E-state index in [9.17, 15) is 0 Å². The Morgan fingerprint density at radius 3 is 2.59 bits per heavy atom. The molecule has 0 aliphatic rings. The fraction of sp³-hybridized carbons (Fsp3) is 0.818. The molecule has 1 heterocycles. The zero-order valence-corrected chi connectivity index (χ0v) is 10.6. The largest absolute Gasteiger partial charge is 0.353 e. The highest BCUT2D eigenvalue weighted by Crippen LogP contribution is 1.99. The molecule has 0 aliphatic carbocycles. The van der Waals surface area contributed by atoms with Crippen molar-refractivity contribution in [3.63, 3.8) is 0 Å². The number of hydrogen-bond donors (Lipinski definition) is 1. The van der Waals surface area contributed by atoms with Crippen LogP contribution in [-0.2, 0) is 16.0 Å². The van der Waals surface area contributed by atoms with Crippen molar-refractivity contribution in [3.05, 3.63) is 12.4 Å². The van der Waals surface area contributed by atoms with Crippen LogP contribution in [0.3, 0.4) is 0 Å². The smallest absolute Gasteiger partial charge is 0.158 e. The lowest BCUT2D eigenvalue weighted by Gasteiger charge is -2.16. The van der Waals surface area contributed by atoms with E-state index in [-0.39, 0.29) is 6.29 Å². The number of ether oxygens (including phenoxy) is 2. The summed E-state index contributed by atoms with van der Waals surface area (Å²) in [6.45, 7) is 7.89. The first-order valence-electron chi connectivity index (χ1n) is 6.14. The number of nitrogens with one attached hydrogen (secondary N) is 1. The van der Waals surface area contributed by atoms with Gasteiger partial charge in [-0.05, 0) is 13.8 Å². The third-order valence-corrected chi connectivity index (χ3v) is 2.25. The molecule has 1 N–H and O–H groups in total. The summed E-state index contributed by atoms with van der Waals surface area (Å²) < 4.78 is 12.7. The Morgan fingerprint density at radius 1 is 1.24 bits per heavy atom. The highest BCUT2D eigenvalue weighted by Gasteiger charge is 2.06. The molecule has 6 heteroatoms. The van der Waals surface area contributed by atoms with Crippen LogP contribution in [0.2, 0.25) is 0 Å². The predicted molar refractivity (Wildman–Crippen MR) is 64.5 cm³/mol. The van der Waals surface area contributed by atoms with Gasteiger partial charge in [-0.15, -0.1) is 5.10 Å². The molecule has 6 nitrogen and oxygen atoms in total. The van der Waals surface area contributed by atoms with Crippen LogP contribution < -0.4 is 5.32 Å². The van der Waals surface area contributed by atoms with Crippen LogP contribution in [0.25, 0.3) is 0 Å². The first kappa shape index (κ1) is 14.1. The predicted octanol–water partition coefficient (Wildman–Crippen LogP) is 0.657. The van der Waals surface area contributed by atoms with Crippen LogP contribution in [0.4, 0.5) is 0 Å². The van der Waals surface area contributed by atoms with Crippen LogP contribution in [0.1, 0.15) is 20.3 Å². The van der Waals surface area contributed by atoms with Crippen molar-refractivity contribution < 1.29 is 9.47 Å². The maximum absolute atomic E-state index is 5.45. The Morgan fingerprint density at radius 2 is 2.00 bits per heavy atom. The molecule has 1 rings (SSSR count). The van der Waals surface area contributed by atoms with Gasteiger partial charge in [0.05, 0.1) is 12.7 Å². The fourth-order valence-corrected chi connectivity index (χ4v) is 1.48. The lowest BCUT2D eigenvalue weighted by atomic mass is 10.4. The summed E-state index contributed by atoms with van der Waals surface area (Å²) in [6, 6.07) is 0. The average molecular weight is 242 g/mol. The summed E-state index contributed by atoms with van der Waals surface area (Å²) in [5.74, 6) is 0. The molecule has 0 fully saturated rings. The lowest BCUT2D eigenvalue weighted by Crippen LogP contribution is -2.27. The Balaban J connectivity index is 2.01. The van der Waals surface area contributed by atoms with Gasteiger partial charge in [-0.1, -0.05) is 5.21 Å². The number of hydrogen-bond acceptors (Lipinski definition) is 5. The molecule has 0 amide bonds. The van der Waals surface area contributed by atoms with E-state index in [1.54, 1.807) is 10.9 Å². The second kappa shape index (κ2) is 9.09. The minimum absolute atomic E-state index is 0.0936. The maximum Gasteiger partial charge on any atom is 0.158 e. The van der Waals surface area contributed by atoms with Crippen molar-refractivity contribution in [2.75, 3.05) is 26.3 Å². The van der Waals surface area contributed by atoms with Crippen molar-refractivity contribution in [1.82, 2.24) is 20.3 Å². The van der Waals surface area contributed by atoms with E-state index in [1.165, 1.54) is 0 Å². The second-order valence-electron chi connectivity index (χ2n) is 3.55. The number of rotatable bonds is 10. The highest BCUT2D eigenvalue weighted by atomic mass is 16.7. The van der Waals surface area contributed by atoms with E-state index in [4.69, 9.17) is 9.47 Å². The van der Waals surface area contributed by atoms with Crippen LogP contribution in [0.5, 0.6) is 0 Å². The summed E-state index contributed by atoms with van der Waals surface area (Å²) in [6.07, 6.45) is 4.30. The highest BCUT2D eigenvalue weighted by molar-refractivity contribution is 4.64. The summed E-state index contributed by atoms with van der Waals surface area (Å²) in [4.78, 5) is 0. The molecule has 17 heavy (non-hydrogen) atoms. The Bertz CT molecular complexity index is 260. The summed E-state index contributed by atoms with van der Waals surface area (Å²) in [5, 5.41) is 11.0. The van der Waals surface area contributed by atoms with Crippen LogP contribution >= 0.6 is 0 Å². The van der Waals surface area contributed by atoms with E-state index in [2.05, 4.69) is 15.6 Å². The molecule has 0 radical (unpaired) electrons. The van der Waals surface area contributed by atoms with Crippen molar-refractivity contribution >= 4 is 0 Å².